The van der Waals surface area contributed by atoms with Crippen molar-refractivity contribution in [3.8, 4) is 0 Å². The minimum atomic E-state index is -0.0982. The van der Waals surface area contributed by atoms with E-state index in [1.54, 1.807) is 34.6 Å². The van der Waals surface area contributed by atoms with Gasteiger partial charge >= 0.3 is 0 Å². The van der Waals surface area contributed by atoms with Gasteiger partial charge in [0, 0.05) is 20.1 Å². The number of para-hydroxylation sites is 1. The van der Waals surface area contributed by atoms with E-state index in [0.717, 1.165) is 38.8 Å². The normalized spacial score (nSPS) is 11.2. The predicted octanol–water partition coefficient (Wildman–Crippen LogP) is 4.34. The van der Waals surface area contributed by atoms with Crippen molar-refractivity contribution in [2.45, 2.75) is 19.6 Å². The Bertz CT molecular complexity index is 1110. The Morgan fingerprint density at radius 1 is 1.07 bits per heavy atom. The van der Waals surface area contributed by atoms with Crippen LogP contribution < -0.4 is 5.32 Å². The Morgan fingerprint density at radius 2 is 1.82 bits per heavy atom. The van der Waals surface area contributed by atoms with Crippen molar-refractivity contribution in [1.82, 2.24) is 20.2 Å². The first kappa shape index (κ1) is 18.7. The average Bonchev–Trinajstić information content (AvgIpc) is 3.29. The molecule has 0 radical (unpaired) electrons. The number of hydrogen-bond acceptors (Lipinski definition) is 6. The first-order valence-electron chi connectivity index (χ1n) is 8.93. The molecular weight excluding hydrogens is 388 g/mol. The fourth-order valence-electron chi connectivity index (χ4n) is 2.94. The number of carbonyl (C=O) groups is 1. The number of nitrogens with zero attached hydrogens (tertiary/aromatic N) is 3. The highest BCUT2D eigenvalue weighted by molar-refractivity contribution is 7.18. The smallest absolute Gasteiger partial charge is 0.246 e. The van der Waals surface area contributed by atoms with Crippen LogP contribution in [0, 0.1) is 0 Å². The third-order valence-electron chi connectivity index (χ3n) is 4.36. The Kier molecular flexibility index (Phi) is 5.47. The second kappa shape index (κ2) is 8.18. The molecule has 5 nitrogen and oxygen atoms in total. The number of fused-ring (bicyclic) bond motifs is 2. The van der Waals surface area contributed by atoms with E-state index in [0.29, 0.717) is 6.54 Å². The molecule has 28 heavy (non-hydrogen) atoms. The fourth-order valence-corrected chi connectivity index (χ4v) is 4.96. The number of aromatic nitrogens is 2. The lowest BCUT2D eigenvalue weighted by atomic mass is 10.2. The topological polar surface area (TPSA) is 58.1 Å². The highest BCUT2D eigenvalue weighted by atomic mass is 32.1. The van der Waals surface area contributed by atoms with Crippen LogP contribution in [0.2, 0.25) is 0 Å². The summed E-state index contributed by atoms with van der Waals surface area (Å²) in [4.78, 5) is 22.5. The molecule has 0 spiro atoms. The second-order valence-electron chi connectivity index (χ2n) is 6.49. The van der Waals surface area contributed by atoms with Gasteiger partial charge in [-0.2, -0.15) is 0 Å². The van der Waals surface area contributed by atoms with Crippen molar-refractivity contribution in [2.24, 2.45) is 0 Å². The van der Waals surface area contributed by atoms with Gasteiger partial charge in [-0.3, -0.25) is 4.79 Å². The summed E-state index contributed by atoms with van der Waals surface area (Å²) in [5.74, 6) is -0.0982. The van der Waals surface area contributed by atoms with Gasteiger partial charge in [0.25, 0.3) is 0 Å². The Hall–Kier alpha value is -2.61. The molecule has 0 aliphatic heterocycles. The number of carbonyl (C=O) groups excluding carboxylic acids is 1. The first-order chi connectivity index (χ1) is 13.6. The lowest BCUT2D eigenvalue weighted by molar-refractivity contribution is -0.125. The van der Waals surface area contributed by atoms with E-state index in [-0.39, 0.29) is 5.91 Å². The molecule has 1 amide bonds. The molecule has 0 aliphatic carbocycles. The fraction of sp³-hybridized carbons (Fsp3) is 0.190. The minimum absolute atomic E-state index is 0.0982. The molecule has 142 valence electrons. The van der Waals surface area contributed by atoms with Crippen LogP contribution >= 0.6 is 22.7 Å². The summed E-state index contributed by atoms with van der Waals surface area (Å²) in [6, 6.07) is 14.5. The van der Waals surface area contributed by atoms with E-state index in [1.165, 1.54) is 16.3 Å². The summed E-state index contributed by atoms with van der Waals surface area (Å²) in [6.45, 7) is 5.54. The van der Waals surface area contributed by atoms with Gasteiger partial charge in [0.2, 0.25) is 5.91 Å². The maximum Gasteiger partial charge on any atom is 0.246 e. The van der Waals surface area contributed by atoms with E-state index in [2.05, 4.69) is 40.1 Å². The van der Waals surface area contributed by atoms with E-state index in [1.807, 2.05) is 24.3 Å². The summed E-state index contributed by atoms with van der Waals surface area (Å²) >= 11 is 3.35. The van der Waals surface area contributed by atoms with Gasteiger partial charge in [0.15, 0.2) is 0 Å². The molecule has 0 saturated heterocycles. The third kappa shape index (κ3) is 4.11. The lowest BCUT2D eigenvalue weighted by Gasteiger charge is -2.12. The average molecular weight is 409 g/mol. The summed E-state index contributed by atoms with van der Waals surface area (Å²) in [7, 11) is 1.76. The molecule has 2 aromatic carbocycles. The molecule has 0 fully saturated rings. The number of hydrogen-bond donors (Lipinski definition) is 1. The highest BCUT2D eigenvalue weighted by Crippen LogP contribution is 2.25. The molecule has 7 heteroatoms. The number of nitrogens with one attached hydrogen (secondary N) is 1. The Labute approximate surface area is 171 Å². The maximum atomic E-state index is 11.6. The van der Waals surface area contributed by atoms with Gasteiger partial charge in [0.05, 0.1) is 27.0 Å². The van der Waals surface area contributed by atoms with Gasteiger partial charge in [0.1, 0.15) is 10.0 Å². The van der Waals surface area contributed by atoms with Crippen molar-refractivity contribution in [3.63, 3.8) is 0 Å². The van der Waals surface area contributed by atoms with Gasteiger partial charge in [-0.15, -0.1) is 22.7 Å². The van der Waals surface area contributed by atoms with Crippen LogP contribution in [0.15, 0.2) is 55.1 Å². The first-order valence-corrected chi connectivity index (χ1v) is 10.6. The third-order valence-corrected chi connectivity index (χ3v) is 6.40. The summed E-state index contributed by atoms with van der Waals surface area (Å²) in [6.07, 6.45) is 1.32. The molecule has 0 bridgehead atoms. The predicted molar refractivity (Wildman–Crippen MR) is 116 cm³/mol. The van der Waals surface area contributed by atoms with Gasteiger partial charge in [-0.05, 0) is 35.9 Å². The minimum Gasteiger partial charge on any atom is -0.335 e. The van der Waals surface area contributed by atoms with Crippen LogP contribution in [0.1, 0.15) is 15.6 Å². The SMILES string of the molecule is C=CC(=O)N(C)Cc1nc2ccc(CNCc3nc4ccccc4s3)cc2s1. The van der Waals surface area contributed by atoms with Gasteiger partial charge in [-0.1, -0.05) is 24.8 Å². The van der Waals surface area contributed by atoms with Crippen molar-refractivity contribution in [3.05, 3.63) is 70.7 Å². The lowest BCUT2D eigenvalue weighted by Crippen LogP contribution is -2.23. The molecular formula is C21H20N4OS2. The highest BCUT2D eigenvalue weighted by Gasteiger charge is 2.10. The monoisotopic (exact) mass is 408 g/mol. The van der Waals surface area contributed by atoms with Crippen LogP contribution in [0.5, 0.6) is 0 Å². The Morgan fingerprint density at radius 3 is 2.64 bits per heavy atom. The molecule has 2 aromatic heterocycles. The largest absolute Gasteiger partial charge is 0.335 e. The molecule has 4 rings (SSSR count). The molecule has 1 N–H and O–H groups in total. The van der Waals surface area contributed by atoms with Crippen molar-refractivity contribution >= 4 is 49.0 Å². The molecule has 0 atom stereocenters. The number of thiazole rings is 2. The summed E-state index contributed by atoms with van der Waals surface area (Å²) < 4.78 is 2.35. The van der Waals surface area contributed by atoms with Crippen LogP contribution in [-0.4, -0.2) is 27.8 Å². The van der Waals surface area contributed by atoms with Crippen molar-refractivity contribution in [1.29, 1.82) is 0 Å². The standard InChI is InChI=1S/C21H20N4OS2/c1-3-21(26)25(2)13-20-24-16-9-8-14(10-18(16)28-20)11-22-12-19-23-15-6-4-5-7-17(15)27-19/h3-10,22H,1,11-13H2,2H3. The molecule has 0 aliphatic rings. The molecule has 0 saturated carbocycles. The summed E-state index contributed by atoms with van der Waals surface area (Å²) in [5, 5.41) is 5.49. The van der Waals surface area contributed by atoms with Crippen LogP contribution in [0.25, 0.3) is 20.4 Å². The molecule has 4 aromatic rings. The van der Waals surface area contributed by atoms with Crippen LogP contribution in [0.4, 0.5) is 0 Å². The van der Waals surface area contributed by atoms with E-state index in [9.17, 15) is 4.79 Å². The van der Waals surface area contributed by atoms with Gasteiger partial charge < -0.3 is 10.2 Å². The van der Waals surface area contributed by atoms with Crippen LogP contribution in [0.3, 0.4) is 0 Å². The quantitative estimate of drug-likeness (QED) is 0.462. The second-order valence-corrected chi connectivity index (χ2v) is 8.72. The van der Waals surface area contributed by atoms with Gasteiger partial charge in [-0.25, -0.2) is 9.97 Å². The van der Waals surface area contributed by atoms with Crippen molar-refractivity contribution < 1.29 is 4.79 Å². The summed E-state index contributed by atoms with van der Waals surface area (Å²) in [5.41, 5.74) is 3.23. The van der Waals surface area contributed by atoms with E-state index in [4.69, 9.17) is 0 Å². The zero-order valence-electron chi connectivity index (χ0n) is 15.5. The number of rotatable bonds is 7. The number of benzene rings is 2. The van der Waals surface area contributed by atoms with E-state index >= 15 is 0 Å². The number of likely N-dealkylation sites (N-methyl/N-ethyl adjacent to an activating group) is 1. The number of amides is 1. The molecule has 0 unspecified atom stereocenters. The zero-order valence-corrected chi connectivity index (χ0v) is 17.1. The maximum absolute atomic E-state index is 11.6. The van der Waals surface area contributed by atoms with E-state index < -0.39 is 0 Å². The zero-order chi connectivity index (χ0) is 19.5. The van der Waals surface area contributed by atoms with Crippen LogP contribution in [-0.2, 0) is 24.4 Å². The molecule has 2 heterocycles. The van der Waals surface area contributed by atoms with Crippen molar-refractivity contribution in [2.75, 3.05) is 7.05 Å². The Balaban J connectivity index is 1.40.